The molecule has 1 aliphatic heterocycles. The van der Waals surface area contributed by atoms with Crippen molar-refractivity contribution in [3.05, 3.63) is 111 Å². The number of fused-ring (bicyclic) bond motifs is 2. The fourth-order valence-electron chi connectivity index (χ4n) is 5.19. The summed E-state index contributed by atoms with van der Waals surface area (Å²) < 4.78 is 0. The molecule has 1 N–H and O–H groups in total. The second kappa shape index (κ2) is 8.98. The number of aromatic amines is 1. The maximum Gasteiger partial charge on any atom is 0.258 e. The van der Waals surface area contributed by atoms with Crippen molar-refractivity contribution < 1.29 is 4.79 Å². The lowest BCUT2D eigenvalue weighted by Crippen LogP contribution is -2.24. The number of aryl methyl sites for hydroxylation is 1. The van der Waals surface area contributed by atoms with Gasteiger partial charge in [-0.05, 0) is 30.2 Å². The molecule has 0 fully saturated rings. The quantitative estimate of drug-likeness (QED) is 0.287. The summed E-state index contributed by atoms with van der Waals surface area (Å²) in [6, 6.07) is 24.9. The molecule has 0 radical (unpaired) electrons. The lowest BCUT2D eigenvalue weighted by molar-refractivity contribution is -0.130. The molecule has 1 amide bonds. The average molecular weight is 507 g/mol. The summed E-state index contributed by atoms with van der Waals surface area (Å²) >= 11 is 6.69. The highest BCUT2D eigenvalue weighted by Gasteiger charge is 2.35. The summed E-state index contributed by atoms with van der Waals surface area (Å²) in [7, 11) is 0. The van der Waals surface area contributed by atoms with Crippen LogP contribution in [-0.2, 0) is 4.79 Å². The van der Waals surface area contributed by atoms with Crippen LogP contribution >= 0.6 is 11.6 Å². The highest BCUT2D eigenvalue weighted by Crippen LogP contribution is 2.39. The van der Waals surface area contributed by atoms with Gasteiger partial charge in [-0.25, -0.2) is 9.99 Å². The fraction of sp³-hybridized carbons (Fsp3) is 0.133. The van der Waals surface area contributed by atoms with E-state index in [1.807, 2.05) is 85.8 Å². The van der Waals surface area contributed by atoms with Gasteiger partial charge < -0.3 is 4.98 Å². The monoisotopic (exact) mass is 506 g/mol. The van der Waals surface area contributed by atoms with E-state index in [1.54, 1.807) is 0 Å². The Morgan fingerprint density at radius 1 is 1.00 bits per heavy atom. The van der Waals surface area contributed by atoms with E-state index in [1.165, 1.54) is 11.9 Å². The normalized spacial score (nSPS) is 15.4. The smallest absolute Gasteiger partial charge is 0.258 e. The summed E-state index contributed by atoms with van der Waals surface area (Å²) in [6.45, 7) is 3.45. The van der Waals surface area contributed by atoms with E-state index in [-0.39, 0.29) is 11.5 Å². The Labute approximate surface area is 218 Å². The lowest BCUT2D eigenvalue weighted by Gasteiger charge is -2.21. The molecule has 0 aliphatic carbocycles. The summed E-state index contributed by atoms with van der Waals surface area (Å²) in [5, 5.41) is 8.29. The zero-order valence-corrected chi connectivity index (χ0v) is 21.1. The number of aromatic nitrogens is 2. The standard InChI is InChI=1S/C30H23ClN4O2/c1-17-9-8-12-20-15-22(29(31)33-28(17)20)25-16-24(34-35(25)18(2)36)27-26(19-10-4-3-5-11-19)21-13-6-7-14-23(21)32-30(27)37/h3-15,25H,16H2,1-2H3,(H,32,37)/t25-/m1/s1. The number of para-hydroxylation sites is 2. The topological polar surface area (TPSA) is 78.4 Å². The van der Waals surface area contributed by atoms with Gasteiger partial charge in [0.15, 0.2) is 0 Å². The first kappa shape index (κ1) is 23.1. The Morgan fingerprint density at radius 2 is 1.76 bits per heavy atom. The molecule has 6 nitrogen and oxygen atoms in total. The Hall–Kier alpha value is -4.29. The van der Waals surface area contributed by atoms with Gasteiger partial charge >= 0.3 is 0 Å². The molecular weight excluding hydrogens is 484 g/mol. The molecule has 37 heavy (non-hydrogen) atoms. The van der Waals surface area contributed by atoms with Gasteiger partial charge in [0, 0.05) is 40.8 Å². The Morgan fingerprint density at radius 3 is 2.54 bits per heavy atom. The number of carbonyl (C=O) groups is 1. The van der Waals surface area contributed by atoms with Crippen molar-refractivity contribution in [1.82, 2.24) is 15.0 Å². The Bertz CT molecular complexity index is 1790. The number of benzene rings is 3. The van der Waals surface area contributed by atoms with Crippen molar-refractivity contribution in [2.24, 2.45) is 5.10 Å². The zero-order chi connectivity index (χ0) is 25.7. The average Bonchev–Trinajstić information content (AvgIpc) is 3.34. The van der Waals surface area contributed by atoms with Crippen molar-refractivity contribution >= 4 is 45.0 Å². The number of nitrogens with one attached hydrogen (secondary N) is 1. The van der Waals surface area contributed by atoms with E-state index in [0.717, 1.165) is 38.5 Å². The van der Waals surface area contributed by atoms with Crippen molar-refractivity contribution in [1.29, 1.82) is 0 Å². The van der Waals surface area contributed by atoms with Crippen LogP contribution in [0.15, 0.2) is 88.8 Å². The van der Waals surface area contributed by atoms with Crippen LogP contribution in [0.5, 0.6) is 0 Å². The number of hydrazone groups is 1. The molecular formula is C30H23ClN4O2. The van der Waals surface area contributed by atoms with E-state index in [2.05, 4.69) is 9.97 Å². The Kier molecular flexibility index (Phi) is 5.61. The first-order valence-corrected chi connectivity index (χ1v) is 12.4. The predicted octanol–water partition coefficient (Wildman–Crippen LogP) is 6.40. The van der Waals surface area contributed by atoms with Gasteiger partial charge in [0.05, 0.1) is 22.8 Å². The van der Waals surface area contributed by atoms with Crippen LogP contribution in [0.4, 0.5) is 0 Å². The van der Waals surface area contributed by atoms with Gasteiger partial charge in [-0.2, -0.15) is 5.10 Å². The second-order valence-corrected chi connectivity index (χ2v) is 9.62. The summed E-state index contributed by atoms with van der Waals surface area (Å²) in [6.07, 6.45) is 0.333. The van der Waals surface area contributed by atoms with Crippen molar-refractivity contribution in [3.63, 3.8) is 0 Å². The molecule has 0 saturated heterocycles. The highest BCUT2D eigenvalue weighted by molar-refractivity contribution is 6.30. The van der Waals surface area contributed by atoms with Crippen LogP contribution in [0.1, 0.15) is 36.1 Å². The molecule has 7 heteroatoms. The number of carbonyl (C=O) groups excluding carboxylic acids is 1. The van der Waals surface area contributed by atoms with Crippen molar-refractivity contribution in [3.8, 4) is 11.1 Å². The Balaban J connectivity index is 1.55. The maximum absolute atomic E-state index is 13.5. The molecule has 6 rings (SSSR count). The van der Waals surface area contributed by atoms with Gasteiger partial charge in [-0.15, -0.1) is 0 Å². The molecule has 3 heterocycles. The second-order valence-electron chi connectivity index (χ2n) is 9.26. The molecule has 0 spiro atoms. The number of pyridine rings is 2. The molecule has 0 unspecified atom stereocenters. The number of H-pyrrole nitrogens is 1. The molecule has 182 valence electrons. The molecule has 0 saturated carbocycles. The van der Waals surface area contributed by atoms with Crippen LogP contribution < -0.4 is 5.56 Å². The van der Waals surface area contributed by atoms with Crippen LogP contribution in [0.3, 0.4) is 0 Å². The summed E-state index contributed by atoms with van der Waals surface area (Å²) in [5.41, 5.74) is 5.72. The van der Waals surface area contributed by atoms with Gasteiger partial charge in [-0.1, -0.05) is 78.3 Å². The molecule has 5 aromatic rings. The third kappa shape index (κ3) is 3.90. The maximum atomic E-state index is 13.5. The van der Waals surface area contributed by atoms with Gasteiger partial charge in [0.2, 0.25) is 5.91 Å². The minimum Gasteiger partial charge on any atom is -0.321 e. The van der Waals surface area contributed by atoms with E-state index in [4.69, 9.17) is 16.7 Å². The fourth-order valence-corrected chi connectivity index (χ4v) is 5.46. The first-order chi connectivity index (χ1) is 17.9. The van der Waals surface area contributed by atoms with Crippen LogP contribution in [0.25, 0.3) is 32.9 Å². The SMILES string of the molecule is CC(=O)N1N=C(c2c(-c3ccccc3)c3ccccc3[nH]c2=O)C[C@@H]1c1cc2cccc(C)c2nc1Cl. The first-order valence-electron chi connectivity index (χ1n) is 12.1. The molecule has 0 bridgehead atoms. The number of hydrogen-bond donors (Lipinski definition) is 1. The number of halogens is 1. The lowest BCUT2D eigenvalue weighted by atomic mass is 9.91. The van der Waals surface area contributed by atoms with Crippen molar-refractivity contribution in [2.45, 2.75) is 26.3 Å². The van der Waals surface area contributed by atoms with Crippen molar-refractivity contribution in [2.75, 3.05) is 0 Å². The van der Waals surface area contributed by atoms with E-state index >= 15 is 0 Å². The summed E-state index contributed by atoms with van der Waals surface area (Å²) in [5.74, 6) is -0.237. The highest BCUT2D eigenvalue weighted by atomic mass is 35.5. The number of hydrogen-bond acceptors (Lipinski definition) is 4. The van der Waals surface area contributed by atoms with Crippen LogP contribution in [-0.4, -0.2) is 26.6 Å². The third-order valence-electron chi connectivity index (χ3n) is 6.89. The largest absolute Gasteiger partial charge is 0.321 e. The molecule has 2 aromatic heterocycles. The zero-order valence-electron chi connectivity index (χ0n) is 20.3. The van der Waals surface area contributed by atoms with E-state index in [9.17, 15) is 9.59 Å². The van der Waals surface area contributed by atoms with Crippen LogP contribution in [0.2, 0.25) is 5.15 Å². The number of nitrogens with zero attached hydrogens (tertiary/aromatic N) is 3. The van der Waals surface area contributed by atoms with Gasteiger partial charge in [-0.3, -0.25) is 9.59 Å². The van der Waals surface area contributed by atoms with E-state index in [0.29, 0.717) is 28.4 Å². The minimum atomic E-state index is -0.480. The third-order valence-corrected chi connectivity index (χ3v) is 7.20. The summed E-state index contributed by atoms with van der Waals surface area (Å²) in [4.78, 5) is 33.9. The predicted molar refractivity (Wildman–Crippen MR) is 148 cm³/mol. The van der Waals surface area contributed by atoms with Gasteiger partial charge in [0.1, 0.15) is 5.15 Å². The van der Waals surface area contributed by atoms with Gasteiger partial charge in [0.25, 0.3) is 5.56 Å². The van der Waals surface area contributed by atoms with E-state index < -0.39 is 6.04 Å². The number of rotatable bonds is 3. The van der Waals surface area contributed by atoms with Crippen LogP contribution in [0, 0.1) is 6.92 Å². The minimum absolute atomic E-state index is 0.237. The molecule has 1 aliphatic rings. The number of amides is 1. The molecule has 3 aromatic carbocycles. The molecule has 1 atom stereocenters.